The lowest BCUT2D eigenvalue weighted by Crippen LogP contribution is -2.23. The Labute approximate surface area is 121 Å². The summed E-state index contributed by atoms with van der Waals surface area (Å²) in [7, 11) is -5.27. The van der Waals surface area contributed by atoms with Crippen LogP contribution in [0.5, 0.6) is 0 Å². The van der Waals surface area contributed by atoms with Crippen molar-refractivity contribution in [2.45, 2.75) is 35.5 Å². The van der Waals surface area contributed by atoms with Gasteiger partial charge in [0.05, 0.1) is 4.90 Å². The number of halogens is 4. The van der Waals surface area contributed by atoms with Crippen molar-refractivity contribution >= 4 is 27.1 Å². The van der Waals surface area contributed by atoms with Gasteiger partial charge in [0.15, 0.2) is 0 Å². The maximum atomic E-state index is 12.3. The second-order valence-corrected chi connectivity index (χ2v) is 7.01. The van der Waals surface area contributed by atoms with Gasteiger partial charge in [-0.25, -0.2) is 8.42 Å². The van der Waals surface area contributed by atoms with E-state index in [2.05, 4.69) is 5.32 Å². The van der Waals surface area contributed by atoms with Crippen LogP contribution in [0, 0.1) is 0 Å². The van der Waals surface area contributed by atoms with E-state index < -0.39 is 20.2 Å². The van der Waals surface area contributed by atoms with Gasteiger partial charge < -0.3 is 5.32 Å². The van der Waals surface area contributed by atoms with Gasteiger partial charge in [0.25, 0.3) is 9.84 Å². The molecule has 114 valence electrons. The van der Waals surface area contributed by atoms with Crippen molar-refractivity contribution < 1.29 is 21.6 Å². The third-order valence-electron chi connectivity index (χ3n) is 2.58. The molecule has 1 aromatic rings. The lowest BCUT2D eigenvalue weighted by atomic mass is 10.2. The second kappa shape index (κ2) is 6.67. The Morgan fingerprint density at radius 2 is 1.80 bits per heavy atom. The summed E-state index contributed by atoms with van der Waals surface area (Å²) in [6.45, 7) is 2.49. The predicted molar refractivity (Wildman–Crippen MR) is 72.7 cm³/mol. The zero-order chi connectivity index (χ0) is 15.4. The molecule has 20 heavy (non-hydrogen) atoms. The number of benzene rings is 1. The van der Waals surface area contributed by atoms with Gasteiger partial charge in [-0.1, -0.05) is 0 Å². The van der Waals surface area contributed by atoms with Crippen LogP contribution in [0.15, 0.2) is 29.2 Å². The summed E-state index contributed by atoms with van der Waals surface area (Å²) in [6.07, 6.45) is 1.63. The lowest BCUT2D eigenvalue weighted by Gasteiger charge is -2.10. The molecule has 3 nitrogen and oxygen atoms in total. The quantitative estimate of drug-likeness (QED) is 0.638. The minimum absolute atomic E-state index is 0.0658. The van der Waals surface area contributed by atoms with Crippen LogP contribution in [-0.2, 0) is 9.84 Å². The Balaban J connectivity index is 2.66. The average Bonchev–Trinajstić information content (AvgIpc) is 2.33. The average molecular weight is 330 g/mol. The molecule has 0 heterocycles. The van der Waals surface area contributed by atoms with E-state index in [0.717, 1.165) is 25.0 Å². The summed E-state index contributed by atoms with van der Waals surface area (Å²) >= 11 is 5.77. The Kier molecular flexibility index (Phi) is 5.70. The van der Waals surface area contributed by atoms with Crippen molar-refractivity contribution in [2.24, 2.45) is 0 Å². The highest BCUT2D eigenvalue weighted by Gasteiger charge is 2.46. The van der Waals surface area contributed by atoms with Gasteiger partial charge >= 0.3 is 5.51 Å². The van der Waals surface area contributed by atoms with Gasteiger partial charge in [-0.05, 0) is 44.0 Å². The number of rotatable bonds is 6. The monoisotopic (exact) mass is 329 g/mol. The predicted octanol–water partition coefficient (Wildman–Crippen LogP) is 3.80. The molecular weight excluding hydrogens is 315 g/mol. The minimum Gasteiger partial charge on any atom is -0.385 e. The van der Waals surface area contributed by atoms with Crippen molar-refractivity contribution in [2.75, 3.05) is 11.9 Å². The van der Waals surface area contributed by atoms with Crippen LogP contribution in [0.3, 0.4) is 0 Å². The van der Waals surface area contributed by atoms with Crippen LogP contribution in [-0.4, -0.2) is 25.8 Å². The van der Waals surface area contributed by atoms with Crippen LogP contribution in [0.4, 0.5) is 18.9 Å². The summed E-state index contributed by atoms with van der Waals surface area (Å²) in [4.78, 5) is -0.759. The van der Waals surface area contributed by atoms with Crippen LogP contribution in [0.1, 0.15) is 19.8 Å². The molecule has 1 N–H and O–H groups in total. The lowest BCUT2D eigenvalue weighted by molar-refractivity contribution is -0.0436. The van der Waals surface area contributed by atoms with Gasteiger partial charge in [-0.15, -0.1) is 11.6 Å². The Morgan fingerprint density at radius 1 is 1.25 bits per heavy atom. The van der Waals surface area contributed by atoms with Gasteiger partial charge in [0, 0.05) is 17.6 Å². The van der Waals surface area contributed by atoms with Crippen molar-refractivity contribution in [3.8, 4) is 0 Å². The Morgan fingerprint density at radius 3 is 2.25 bits per heavy atom. The molecule has 1 aromatic carbocycles. The molecular formula is C12H15ClF3NO2S. The number of hydrogen-bond donors (Lipinski definition) is 1. The first-order valence-corrected chi connectivity index (χ1v) is 7.86. The Hall–Kier alpha value is -0.950. The number of nitrogens with one attached hydrogen (secondary N) is 1. The van der Waals surface area contributed by atoms with Crippen LogP contribution in [0.2, 0.25) is 0 Å². The van der Waals surface area contributed by atoms with E-state index in [4.69, 9.17) is 11.6 Å². The maximum Gasteiger partial charge on any atom is 0.501 e. The normalized spacial score (nSPS) is 14.1. The highest BCUT2D eigenvalue weighted by molar-refractivity contribution is 7.92. The van der Waals surface area contributed by atoms with E-state index in [9.17, 15) is 21.6 Å². The van der Waals surface area contributed by atoms with E-state index in [0.29, 0.717) is 12.2 Å². The third-order valence-corrected chi connectivity index (χ3v) is 4.30. The van der Waals surface area contributed by atoms with Gasteiger partial charge in [0.1, 0.15) is 0 Å². The summed E-state index contributed by atoms with van der Waals surface area (Å²) in [6, 6.07) is 4.50. The van der Waals surface area contributed by atoms with Crippen molar-refractivity contribution in [1.82, 2.24) is 0 Å². The SMILES string of the molecule is CC(Cl)CCCNc1ccc(S(=O)(=O)C(F)(F)F)cc1. The maximum absolute atomic E-state index is 12.3. The number of hydrogen-bond acceptors (Lipinski definition) is 3. The second-order valence-electron chi connectivity index (χ2n) is 4.32. The summed E-state index contributed by atoms with van der Waals surface area (Å²) in [5.41, 5.74) is -4.72. The first kappa shape index (κ1) is 17.1. The highest BCUT2D eigenvalue weighted by Crippen LogP contribution is 2.30. The molecule has 0 saturated carbocycles. The molecule has 0 aliphatic heterocycles. The highest BCUT2D eigenvalue weighted by atomic mass is 35.5. The third kappa shape index (κ3) is 4.56. The van der Waals surface area contributed by atoms with Crippen LogP contribution >= 0.6 is 11.6 Å². The Bertz CT molecular complexity index is 527. The number of sulfone groups is 1. The summed E-state index contributed by atoms with van der Waals surface area (Å²) < 4.78 is 59.3. The van der Waals surface area contributed by atoms with Crippen LogP contribution in [0.25, 0.3) is 0 Å². The molecule has 0 spiro atoms. The van der Waals surface area contributed by atoms with E-state index in [1.807, 2.05) is 6.92 Å². The molecule has 0 amide bonds. The molecule has 1 unspecified atom stereocenters. The minimum atomic E-state index is -5.28. The first-order valence-electron chi connectivity index (χ1n) is 5.94. The van der Waals surface area contributed by atoms with Crippen molar-refractivity contribution in [1.29, 1.82) is 0 Å². The molecule has 8 heteroatoms. The van der Waals surface area contributed by atoms with Crippen molar-refractivity contribution in [3.05, 3.63) is 24.3 Å². The molecule has 0 fully saturated rings. The fourth-order valence-corrected chi connectivity index (χ4v) is 2.42. The number of alkyl halides is 4. The molecule has 0 aromatic heterocycles. The fourth-order valence-electron chi connectivity index (χ4n) is 1.50. The van der Waals surface area contributed by atoms with Crippen LogP contribution < -0.4 is 5.32 Å². The van der Waals surface area contributed by atoms with E-state index in [-0.39, 0.29) is 5.38 Å². The molecule has 0 radical (unpaired) electrons. The molecule has 0 saturated heterocycles. The molecule has 0 aliphatic carbocycles. The first-order chi connectivity index (χ1) is 9.14. The van der Waals surface area contributed by atoms with Crippen molar-refractivity contribution in [3.63, 3.8) is 0 Å². The molecule has 1 rings (SSSR count). The van der Waals surface area contributed by atoms with E-state index >= 15 is 0 Å². The smallest absolute Gasteiger partial charge is 0.385 e. The fraction of sp³-hybridized carbons (Fsp3) is 0.500. The van der Waals surface area contributed by atoms with Gasteiger partial charge in [-0.3, -0.25) is 0 Å². The van der Waals surface area contributed by atoms with E-state index in [1.54, 1.807) is 0 Å². The number of anilines is 1. The van der Waals surface area contributed by atoms with E-state index in [1.165, 1.54) is 12.1 Å². The zero-order valence-corrected chi connectivity index (χ0v) is 12.3. The summed E-state index contributed by atoms with van der Waals surface area (Å²) in [5.74, 6) is 0. The standard InChI is InChI=1S/C12H15ClF3NO2S/c1-9(13)3-2-8-17-10-4-6-11(7-5-10)20(18,19)12(14,15)16/h4-7,9,17H,2-3,8H2,1H3. The zero-order valence-electron chi connectivity index (χ0n) is 10.7. The van der Waals surface area contributed by atoms with Gasteiger partial charge in [-0.2, -0.15) is 13.2 Å². The summed E-state index contributed by atoms with van der Waals surface area (Å²) in [5, 5.41) is 3.05. The largest absolute Gasteiger partial charge is 0.501 e. The van der Waals surface area contributed by atoms with Gasteiger partial charge in [0.2, 0.25) is 0 Å². The topological polar surface area (TPSA) is 46.2 Å². The molecule has 1 atom stereocenters. The molecule has 0 aliphatic rings. The molecule has 0 bridgehead atoms.